The van der Waals surface area contributed by atoms with Crippen LogP contribution in [0.1, 0.15) is 43.5 Å². The maximum atomic E-state index is 14.8. The fourth-order valence-corrected chi connectivity index (χ4v) is 4.04. The minimum atomic E-state index is -2.73. The van der Waals surface area contributed by atoms with Crippen LogP contribution in [0.15, 0.2) is 24.4 Å². The number of nitrogens with one attached hydrogen (secondary N) is 1. The Morgan fingerprint density at radius 3 is 2.77 bits per heavy atom. The molecule has 1 aliphatic heterocycles. The van der Waals surface area contributed by atoms with Crippen LogP contribution in [0.4, 0.5) is 13.2 Å². The van der Waals surface area contributed by atoms with Crippen LogP contribution < -0.4 is 5.32 Å². The van der Waals surface area contributed by atoms with Crippen LogP contribution >= 0.6 is 0 Å². The van der Waals surface area contributed by atoms with E-state index in [4.69, 9.17) is 0 Å². The zero-order valence-electron chi connectivity index (χ0n) is 16.5. The van der Waals surface area contributed by atoms with Crippen LogP contribution in [0.5, 0.6) is 0 Å². The molecule has 4 heterocycles. The average molecular weight is 415 g/mol. The van der Waals surface area contributed by atoms with Crippen molar-refractivity contribution < 1.29 is 13.2 Å². The number of imidazole rings is 1. The molecule has 1 N–H and O–H groups in total. The van der Waals surface area contributed by atoms with E-state index in [-0.39, 0.29) is 28.5 Å². The summed E-state index contributed by atoms with van der Waals surface area (Å²) in [6, 6.07) is 4.58. The van der Waals surface area contributed by atoms with Gasteiger partial charge in [0.1, 0.15) is 11.0 Å². The van der Waals surface area contributed by atoms with Crippen molar-refractivity contribution in [1.82, 2.24) is 34.9 Å². The van der Waals surface area contributed by atoms with Crippen LogP contribution in [-0.2, 0) is 0 Å². The van der Waals surface area contributed by atoms with Crippen LogP contribution in [-0.4, -0.2) is 42.2 Å². The molecule has 7 nitrogen and oxygen atoms in total. The lowest BCUT2D eigenvalue weighted by atomic mass is 10.0. The average Bonchev–Trinajstić information content (AvgIpc) is 3.29. The highest BCUT2D eigenvalue weighted by Gasteiger charge is 2.23. The molecule has 3 aromatic heterocycles. The Balaban J connectivity index is 1.61. The second-order valence-electron chi connectivity index (χ2n) is 7.82. The summed E-state index contributed by atoms with van der Waals surface area (Å²) < 4.78 is 43.3. The van der Waals surface area contributed by atoms with Crippen LogP contribution in [0.3, 0.4) is 0 Å². The fourth-order valence-electron chi connectivity index (χ4n) is 4.04. The zero-order chi connectivity index (χ0) is 21.0. The second kappa shape index (κ2) is 7.05. The lowest BCUT2D eigenvalue weighted by Gasteiger charge is -2.27. The number of halogens is 3. The number of rotatable bonds is 3. The van der Waals surface area contributed by atoms with Crippen molar-refractivity contribution in [2.24, 2.45) is 0 Å². The van der Waals surface area contributed by atoms with E-state index in [1.54, 1.807) is 24.0 Å². The Morgan fingerprint density at radius 1 is 1.17 bits per heavy atom. The molecule has 0 saturated carbocycles. The molecule has 5 rings (SSSR count). The molecule has 0 bridgehead atoms. The van der Waals surface area contributed by atoms with Crippen molar-refractivity contribution in [3.8, 4) is 11.3 Å². The Kier molecular flexibility index (Phi) is 4.46. The molecular weight excluding hydrogens is 395 g/mol. The van der Waals surface area contributed by atoms with Crippen LogP contribution in [0.2, 0.25) is 0 Å². The molecule has 2 atom stereocenters. The summed E-state index contributed by atoms with van der Waals surface area (Å²) in [4.78, 5) is 5.69. The number of fused-ring (bicyclic) bond motifs is 2. The Morgan fingerprint density at radius 2 is 2.00 bits per heavy atom. The van der Waals surface area contributed by atoms with E-state index >= 15 is 0 Å². The molecule has 1 aromatic carbocycles. The number of benzene rings is 1. The first kappa shape index (κ1) is 19.0. The lowest BCUT2D eigenvalue weighted by molar-refractivity contribution is 0.152. The first-order valence-corrected chi connectivity index (χ1v) is 9.84. The van der Waals surface area contributed by atoms with Gasteiger partial charge in [-0.05, 0) is 51.4 Å². The Bertz CT molecular complexity index is 1250. The van der Waals surface area contributed by atoms with E-state index in [1.165, 1.54) is 16.6 Å². The second-order valence-corrected chi connectivity index (χ2v) is 7.82. The zero-order valence-corrected chi connectivity index (χ0v) is 16.5. The molecule has 10 heteroatoms. The fraction of sp³-hybridized carbons (Fsp3) is 0.400. The molecule has 156 valence electrons. The number of piperidine rings is 1. The minimum Gasteiger partial charge on any atom is -0.314 e. The van der Waals surface area contributed by atoms with Crippen LogP contribution in [0.25, 0.3) is 27.9 Å². The maximum Gasteiger partial charge on any atom is 0.267 e. The Labute approximate surface area is 169 Å². The van der Waals surface area contributed by atoms with Gasteiger partial charge in [-0.15, -0.1) is 5.10 Å². The molecule has 1 fully saturated rings. The summed E-state index contributed by atoms with van der Waals surface area (Å²) in [6.45, 7) is 4.64. The number of alkyl halides is 2. The summed E-state index contributed by atoms with van der Waals surface area (Å²) in [7, 11) is 0. The number of aromatic nitrogens is 6. The van der Waals surface area contributed by atoms with E-state index in [2.05, 4.69) is 32.5 Å². The third-order valence-electron chi connectivity index (χ3n) is 5.48. The van der Waals surface area contributed by atoms with E-state index in [0.29, 0.717) is 22.8 Å². The predicted molar refractivity (Wildman–Crippen MR) is 105 cm³/mol. The third-order valence-corrected chi connectivity index (χ3v) is 5.48. The molecule has 30 heavy (non-hydrogen) atoms. The molecule has 1 aliphatic rings. The first-order valence-electron chi connectivity index (χ1n) is 9.84. The van der Waals surface area contributed by atoms with Gasteiger partial charge >= 0.3 is 0 Å². The van der Waals surface area contributed by atoms with Gasteiger partial charge < -0.3 is 5.32 Å². The standard InChI is InChI=1S/C20H20F3N7/c1-10-5-13(3-4-24-10)30-27-17-7-12(6-15(21)18(17)28-30)16-8-14(19(22)23)20-25-11(2)9-29(20)26-16/h6-10,13,19,24H,3-5H2,1-2H3/t10-,13-/m1/s1. The van der Waals surface area contributed by atoms with E-state index in [1.807, 2.05) is 0 Å². The van der Waals surface area contributed by atoms with Crippen molar-refractivity contribution in [2.45, 2.75) is 45.2 Å². The summed E-state index contributed by atoms with van der Waals surface area (Å²) >= 11 is 0. The highest BCUT2D eigenvalue weighted by atomic mass is 19.3. The molecule has 4 aromatic rings. The first-order chi connectivity index (χ1) is 14.4. The summed E-state index contributed by atoms with van der Waals surface area (Å²) in [5.74, 6) is -0.557. The Hall–Kier alpha value is -3.01. The van der Waals surface area contributed by atoms with Crippen LogP contribution in [0, 0.1) is 12.7 Å². The van der Waals surface area contributed by atoms with Crippen molar-refractivity contribution in [2.75, 3.05) is 6.54 Å². The van der Waals surface area contributed by atoms with Gasteiger partial charge in [-0.25, -0.2) is 22.7 Å². The number of nitrogens with zero attached hydrogens (tertiary/aromatic N) is 6. The lowest BCUT2D eigenvalue weighted by Crippen LogP contribution is -2.37. The topological polar surface area (TPSA) is 72.9 Å². The highest BCUT2D eigenvalue weighted by molar-refractivity contribution is 5.81. The maximum absolute atomic E-state index is 14.8. The van der Waals surface area contributed by atoms with Crippen molar-refractivity contribution in [3.63, 3.8) is 0 Å². The van der Waals surface area contributed by atoms with Crippen molar-refractivity contribution in [3.05, 3.63) is 41.5 Å². The van der Waals surface area contributed by atoms with E-state index in [0.717, 1.165) is 19.4 Å². The monoisotopic (exact) mass is 415 g/mol. The van der Waals surface area contributed by atoms with Crippen molar-refractivity contribution >= 4 is 16.7 Å². The highest BCUT2D eigenvalue weighted by Crippen LogP contribution is 2.30. The van der Waals surface area contributed by atoms with Gasteiger partial charge in [0.15, 0.2) is 11.5 Å². The van der Waals surface area contributed by atoms with E-state index in [9.17, 15) is 13.2 Å². The smallest absolute Gasteiger partial charge is 0.267 e. The van der Waals surface area contributed by atoms with Gasteiger partial charge in [-0.2, -0.15) is 15.0 Å². The quantitative estimate of drug-likeness (QED) is 0.551. The molecule has 1 saturated heterocycles. The molecule has 0 amide bonds. The largest absolute Gasteiger partial charge is 0.314 e. The van der Waals surface area contributed by atoms with Gasteiger partial charge in [0.2, 0.25) is 0 Å². The SMILES string of the molecule is Cc1cn2nc(-c3cc(F)c4nn([C@@H]5CCN[C@H](C)C5)nc4c3)cc(C(F)F)c2n1. The third kappa shape index (κ3) is 3.20. The van der Waals surface area contributed by atoms with E-state index < -0.39 is 12.2 Å². The minimum absolute atomic E-state index is 0.0883. The molecule has 0 spiro atoms. The predicted octanol–water partition coefficient (Wildman–Crippen LogP) is 3.84. The van der Waals surface area contributed by atoms with Gasteiger partial charge in [0, 0.05) is 11.6 Å². The normalized spacial score (nSPS) is 19.9. The molecule has 0 aliphatic carbocycles. The summed E-state index contributed by atoms with van der Waals surface area (Å²) in [6.07, 6.45) is 0.544. The van der Waals surface area contributed by atoms with Gasteiger partial charge in [-0.3, -0.25) is 0 Å². The summed E-state index contributed by atoms with van der Waals surface area (Å²) in [5, 5.41) is 16.6. The molecule has 0 radical (unpaired) electrons. The molecular formula is C20H20F3N7. The number of aryl methyl sites for hydroxylation is 1. The van der Waals surface area contributed by atoms with Crippen molar-refractivity contribution in [1.29, 1.82) is 0 Å². The molecule has 0 unspecified atom stereocenters. The van der Waals surface area contributed by atoms with Gasteiger partial charge in [0.25, 0.3) is 6.43 Å². The number of hydrogen-bond donors (Lipinski definition) is 1. The number of hydrogen-bond acceptors (Lipinski definition) is 5. The van der Waals surface area contributed by atoms with Gasteiger partial charge in [-0.1, -0.05) is 0 Å². The summed E-state index contributed by atoms with van der Waals surface area (Å²) in [5.41, 5.74) is 1.54. The van der Waals surface area contributed by atoms with Gasteiger partial charge in [0.05, 0.1) is 29.2 Å².